The van der Waals surface area contributed by atoms with Gasteiger partial charge in [0.05, 0.1) is 55.2 Å². The average Bonchev–Trinajstić information content (AvgIpc) is 4.21. The Hall–Kier alpha value is -9.92. The molecule has 0 aliphatic heterocycles. The summed E-state index contributed by atoms with van der Waals surface area (Å²) in [6.07, 6.45) is 3.83. The largest absolute Gasteiger partial charge is 0.308 e. The van der Waals surface area contributed by atoms with Crippen LogP contribution in [0.15, 0.2) is 231 Å². The number of benzene rings is 10. The Morgan fingerprint density at radius 2 is 0.667 bits per heavy atom. The zero-order valence-electron chi connectivity index (χ0n) is 38.5. The molecule has 16 rings (SSSR count). The third-order valence-corrected chi connectivity index (χ3v) is 14.8. The number of aromatic nitrogens is 8. The first-order chi connectivity index (χ1) is 35.7. The van der Waals surface area contributed by atoms with Crippen molar-refractivity contribution in [1.29, 1.82) is 0 Å². The van der Waals surface area contributed by atoms with Gasteiger partial charge < -0.3 is 9.13 Å². The summed E-state index contributed by atoms with van der Waals surface area (Å²) >= 11 is 0. The van der Waals surface area contributed by atoms with E-state index < -0.39 is 0 Å². The zero-order chi connectivity index (χ0) is 47.0. The summed E-state index contributed by atoms with van der Waals surface area (Å²) in [5, 5.41) is 9.49. The lowest BCUT2D eigenvalue weighted by molar-refractivity contribution is 1.10. The topological polar surface area (TPSA) is 71.3 Å². The highest BCUT2D eigenvalue weighted by Gasteiger charge is 2.24. The molecule has 16 aromatic rings. The van der Waals surface area contributed by atoms with E-state index in [0.29, 0.717) is 0 Å². The van der Waals surface area contributed by atoms with E-state index in [9.17, 15) is 0 Å². The Bertz CT molecular complexity index is 4520. The highest BCUT2D eigenvalue weighted by Crippen LogP contribution is 2.46. The molecule has 0 atom stereocenters. The molecule has 0 radical (unpaired) electrons. The fraction of sp³-hybridized carbons (Fsp3) is 0. The summed E-state index contributed by atoms with van der Waals surface area (Å²) in [7, 11) is 0. The molecule has 72 heavy (non-hydrogen) atoms. The molecule has 8 nitrogen and oxygen atoms in total. The van der Waals surface area contributed by atoms with Gasteiger partial charge in [0, 0.05) is 57.0 Å². The van der Waals surface area contributed by atoms with E-state index in [1.165, 1.54) is 32.3 Å². The van der Waals surface area contributed by atoms with Crippen molar-refractivity contribution in [3.05, 3.63) is 231 Å². The molecule has 0 unspecified atom stereocenters. The van der Waals surface area contributed by atoms with E-state index in [1.807, 2.05) is 36.7 Å². The fourth-order valence-electron chi connectivity index (χ4n) is 11.8. The Labute approximate surface area is 410 Å². The molecule has 334 valence electrons. The van der Waals surface area contributed by atoms with Gasteiger partial charge in [0.25, 0.3) is 0 Å². The summed E-state index contributed by atoms with van der Waals surface area (Å²) in [5.74, 6) is 1.81. The summed E-state index contributed by atoms with van der Waals surface area (Å²) < 4.78 is 9.24. The van der Waals surface area contributed by atoms with Gasteiger partial charge >= 0.3 is 0 Å². The molecule has 0 aliphatic carbocycles. The third-order valence-electron chi connectivity index (χ3n) is 14.8. The second-order valence-corrected chi connectivity index (χ2v) is 18.7. The van der Waals surface area contributed by atoms with Crippen molar-refractivity contribution in [3.63, 3.8) is 0 Å². The third kappa shape index (κ3) is 5.45. The molecule has 0 amide bonds. The number of para-hydroxylation sites is 6. The second kappa shape index (κ2) is 14.8. The molecule has 0 N–H and O–H groups in total. The molecular formula is C64H38N8. The van der Waals surface area contributed by atoms with Crippen molar-refractivity contribution in [3.8, 4) is 45.5 Å². The molecule has 0 saturated carbocycles. The second-order valence-electron chi connectivity index (χ2n) is 18.7. The highest BCUT2D eigenvalue weighted by molar-refractivity contribution is 6.37. The molecule has 8 heteroatoms. The average molecular weight is 919 g/mol. The minimum Gasteiger partial charge on any atom is -0.308 e. The molecule has 6 heterocycles. The number of pyridine rings is 2. The van der Waals surface area contributed by atoms with Gasteiger partial charge in [-0.25, -0.2) is 9.97 Å². The normalized spacial score (nSPS) is 12.2. The van der Waals surface area contributed by atoms with Crippen molar-refractivity contribution < 1.29 is 0 Å². The molecule has 0 aliphatic rings. The molecular weight excluding hydrogens is 881 g/mol. The lowest BCUT2D eigenvalue weighted by Crippen LogP contribution is -1.98. The predicted molar refractivity (Wildman–Crippen MR) is 295 cm³/mol. The molecule has 0 fully saturated rings. The quantitative estimate of drug-likeness (QED) is 0.156. The van der Waals surface area contributed by atoms with Crippen molar-refractivity contribution in [2.45, 2.75) is 0 Å². The lowest BCUT2D eigenvalue weighted by atomic mass is 9.91. The van der Waals surface area contributed by atoms with Crippen LogP contribution in [0.4, 0.5) is 0 Å². The number of nitrogens with zero attached hydrogens (tertiary/aromatic N) is 8. The first kappa shape index (κ1) is 39.0. The monoisotopic (exact) mass is 918 g/mol. The Kier molecular flexibility index (Phi) is 8.01. The summed E-state index contributed by atoms with van der Waals surface area (Å²) in [4.78, 5) is 20.5. The van der Waals surface area contributed by atoms with E-state index in [1.54, 1.807) is 0 Å². The van der Waals surface area contributed by atoms with Crippen LogP contribution < -0.4 is 0 Å². The minimum absolute atomic E-state index is 0.906. The van der Waals surface area contributed by atoms with E-state index >= 15 is 0 Å². The molecule has 0 spiro atoms. The maximum Gasteiger partial charge on any atom is 0.145 e. The van der Waals surface area contributed by atoms with Gasteiger partial charge in [-0.2, -0.15) is 0 Å². The molecule has 0 saturated heterocycles. The van der Waals surface area contributed by atoms with Crippen LogP contribution in [-0.4, -0.2) is 38.2 Å². The number of hydrogen-bond donors (Lipinski definition) is 0. The van der Waals surface area contributed by atoms with Crippen LogP contribution in [0.3, 0.4) is 0 Å². The molecule has 0 bridgehead atoms. The Morgan fingerprint density at radius 3 is 1.11 bits per heavy atom. The maximum atomic E-state index is 5.15. The lowest BCUT2D eigenvalue weighted by Gasteiger charge is -2.15. The van der Waals surface area contributed by atoms with Crippen LogP contribution in [0.25, 0.3) is 144 Å². The summed E-state index contributed by atoms with van der Waals surface area (Å²) in [6, 6.07) is 77.7. The number of fused-ring (bicyclic) bond motifs is 10. The van der Waals surface area contributed by atoms with Gasteiger partial charge in [0.2, 0.25) is 0 Å². The number of imidazole rings is 2. The Balaban J connectivity index is 0.860. The first-order valence-electron chi connectivity index (χ1n) is 24.3. The van der Waals surface area contributed by atoms with E-state index in [2.05, 4.69) is 212 Å². The highest BCUT2D eigenvalue weighted by atomic mass is 15.1. The van der Waals surface area contributed by atoms with Gasteiger partial charge in [-0.15, -0.1) is 0 Å². The van der Waals surface area contributed by atoms with E-state index in [0.717, 1.165) is 111 Å². The van der Waals surface area contributed by atoms with Crippen LogP contribution in [-0.2, 0) is 0 Å². The SMILES string of the molecule is c1ccc(-n2c(-c3ccc(-n4c5cccnc5c5c6ccc7cc8c(c9ccc(cc54)c6c79)c4ncccc4n8-c4ccc(-c5nc6ccccc6n5-c5ccccc5)cc4)cc3)nc3ccccc32)cc1. The van der Waals surface area contributed by atoms with Gasteiger partial charge in [-0.05, 0) is 166 Å². The molecule has 6 aromatic heterocycles. The summed E-state index contributed by atoms with van der Waals surface area (Å²) in [6.45, 7) is 0. The van der Waals surface area contributed by atoms with Crippen molar-refractivity contribution in [1.82, 2.24) is 38.2 Å². The zero-order valence-corrected chi connectivity index (χ0v) is 38.5. The first-order valence-corrected chi connectivity index (χ1v) is 24.3. The minimum atomic E-state index is 0.906. The van der Waals surface area contributed by atoms with Gasteiger partial charge in [0.15, 0.2) is 0 Å². The van der Waals surface area contributed by atoms with Crippen molar-refractivity contribution in [2.75, 3.05) is 0 Å². The standard InChI is InChI=1S/C64H38N8/c1-3-13-43(14-4-1)71-51-19-9-7-17-49(51)67-63(71)39-23-29-45(30-24-39)69-53-21-11-35-65-61(53)59-47-33-28-42-38-56-60(48-34-27-41(37-55(59)69)57(47)58(42)48)62-54(22-12-36-66-62)70(56)46-31-25-40(26-32-46)64-68-50-18-8-10-20-52(50)72(64)44-15-5-2-6-16-44/h1-38H. The van der Waals surface area contributed by atoms with Gasteiger partial charge in [0.1, 0.15) is 11.6 Å². The van der Waals surface area contributed by atoms with Crippen LogP contribution in [0, 0.1) is 0 Å². The van der Waals surface area contributed by atoms with Crippen LogP contribution in [0.5, 0.6) is 0 Å². The van der Waals surface area contributed by atoms with Crippen molar-refractivity contribution in [2.24, 2.45) is 0 Å². The number of hydrogen-bond acceptors (Lipinski definition) is 4. The predicted octanol–water partition coefficient (Wildman–Crippen LogP) is 15.6. The van der Waals surface area contributed by atoms with Crippen LogP contribution in [0.1, 0.15) is 0 Å². The smallest absolute Gasteiger partial charge is 0.145 e. The van der Waals surface area contributed by atoms with Gasteiger partial charge in [-0.3, -0.25) is 19.1 Å². The Morgan fingerprint density at radius 1 is 0.278 bits per heavy atom. The van der Waals surface area contributed by atoms with Crippen LogP contribution >= 0.6 is 0 Å². The fourth-order valence-corrected chi connectivity index (χ4v) is 11.8. The van der Waals surface area contributed by atoms with E-state index in [-0.39, 0.29) is 0 Å². The van der Waals surface area contributed by atoms with Crippen molar-refractivity contribution >= 4 is 98.3 Å². The van der Waals surface area contributed by atoms with Gasteiger partial charge in [-0.1, -0.05) is 84.9 Å². The van der Waals surface area contributed by atoms with E-state index in [4.69, 9.17) is 19.9 Å². The summed E-state index contributed by atoms with van der Waals surface area (Å²) in [5.41, 5.74) is 16.7. The number of rotatable bonds is 6. The van der Waals surface area contributed by atoms with Crippen LogP contribution in [0.2, 0.25) is 0 Å². The molecule has 10 aromatic carbocycles. The maximum absolute atomic E-state index is 5.15.